The first-order valence-electron chi connectivity index (χ1n) is 10.0. The summed E-state index contributed by atoms with van der Waals surface area (Å²) in [7, 11) is 0. The number of aryl methyl sites for hydroxylation is 1. The number of amides is 1. The fourth-order valence-corrected chi connectivity index (χ4v) is 3.58. The van der Waals surface area contributed by atoms with Crippen molar-refractivity contribution in [3.05, 3.63) is 60.7 Å². The number of carbonyl (C=O) groups excluding carboxylic acids is 1. The number of rotatable bonds is 7. The number of pyridine rings is 2. The zero-order valence-corrected chi connectivity index (χ0v) is 16.5. The third-order valence-corrected chi connectivity index (χ3v) is 5.20. The molecular formula is C21H24N6O3. The number of nitrogens with zero attached hydrogens (tertiary/aromatic N) is 5. The highest BCUT2D eigenvalue weighted by molar-refractivity contribution is 5.94. The van der Waals surface area contributed by atoms with E-state index in [-0.39, 0.29) is 24.7 Å². The van der Waals surface area contributed by atoms with Crippen LogP contribution in [0.25, 0.3) is 11.4 Å². The van der Waals surface area contributed by atoms with E-state index < -0.39 is 6.10 Å². The van der Waals surface area contributed by atoms with Crippen molar-refractivity contribution >= 4 is 5.91 Å². The lowest BCUT2D eigenvalue weighted by Crippen LogP contribution is -2.51. The lowest BCUT2D eigenvalue weighted by atomic mass is 9.97. The summed E-state index contributed by atoms with van der Waals surface area (Å²) < 4.78 is 7.82. The number of ether oxygens (including phenoxy) is 1. The Kier molecular flexibility index (Phi) is 6.41. The van der Waals surface area contributed by atoms with E-state index in [1.807, 2.05) is 24.4 Å². The minimum absolute atomic E-state index is 0.0151. The summed E-state index contributed by atoms with van der Waals surface area (Å²) in [6, 6.07) is 8.76. The fourth-order valence-electron chi connectivity index (χ4n) is 3.58. The first-order chi connectivity index (χ1) is 14.7. The molecule has 0 spiro atoms. The van der Waals surface area contributed by atoms with E-state index in [0.717, 1.165) is 30.7 Å². The molecule has 0 aromatic carbocycles. The summed E-state index contributed by atoms with van der Waals surface area (Å²) in [5, 5.41) is 21.1. The molecule has 0 unspecified atom stereocenters. The molecule has 1 fully saturated rings. The predicted octanol–water partition coefficient (Wildman–Crippen LogP) is 1.46. The molecule has 1 aliphatic heterocycles. The van der Waals surface area contributed by atoms with Gasteiger partial charge in [0.1, 0.15) is 11.8 Å². The van der Waals surface area contributed by atoms with Crippen molar-refractivity contribution in [2.75, 3.05) is 6.61 Å². The minimum atomic E-state index is -0.436. The number of hydrogen-bond donors (Lipinski definition) is 2. The van der Waals surface area contributed by atoms with Gasteiger partial charge in [0.2, 0.25) is 0 Å². The standard InChI is InChI=1S/C21H24N6O3/c28-14-20-18(24-21(29)15-6-10-22-11-7-15)5-4-16(30-20)8-12-27-13-19(25-26-27)17-3-1-2-9-23-17/h1-3,6-7,9-11,13,16,18,20,28H,4-5,8,12,14H2,(H,24,29)/t16-,18+,20-/m0/s1. The molecule has 0 saturated carbocycles. The third kappa shape index (κ3) is 4.87. The molecule has 0 aliphatic carbocycles. The number of aliphatic hydroxyl groups is 1. The highest BCUT2D eigenvalue weighted by Crippen LogP contribution is 2.23. The molecule has 1 aliphatic rings. The molecule has 4 heterocycles. The Morgan fingerprint density at radius 2 is 2.03 bits per heavy atom. The predicted molar refractivity (Wildman–Crippen MR) is 108 cm³/mol. The maximum atomic E-state index is 12.4. The molecule has 0 bridgehead atoms. The van der Waals surface area contributed by atoms with Crippen LogP contribution in [0.3, 0.4) is 0 Å². The van der Waals surface area contributed by atoms with E-state index >= 15 is 0 Å². The van der Waals surface area contributed by atoms with Crippen molar-refractivity contribution in [3.63, 3.8) is 0 Å². The van der Waals surface area contributed by atoms with E-state index in [1.54, 1.807) is 35.4 Å². The van der Waals surface area contributed by atoms with Gasteiger partial charge in [-0.15, -0.1) is 5.10 Å². The number of hydrogen-bond acceptors (Lipinski definition) is 7. The maximum absolute atomic E-state index is 12.4. The highest BCUT2D eigenvalue weighted by atomic mass is 16.5. The van der Waals surface area contributed by atoms with Crippen LogP contribution >= 0.6 is 0 Å². The summed E-state index contributed by atoms with van der Waals surface area (Å²) in [6.07, 6.45) is 8.57. The van der Waals surface area contributed by atoms with Crippen molar-refractivity contribution in [1.29, 1.82) is 0 Å². The summed E-state index contributed by atoms with van der Waals surface area (Å²) in [6.45, 7) is 0.502. The zero-order valence-electron chi connectivity index (χ0n) is 16.5. The second-order valence-electron chi connectivity index (χ2n) is 7.24. The minimum Gasteiger partial charge on any atom is -0.394 e. The fraction of sp³-hybridized carbons (Fsp3) is 0.381. The number of aliphatic hydroxyl groups excluding tert-OH is 1. The summed E-state index contributed by atoms with van der Waals surface area (Å²) in [4.78, 5) is 20.6. The molecule has 9 heteroatoms. The highest BCUT2D eigenvalue weighted by Gasteiger charge is 2.32. The smallest absolute Gasteiger partial charge is 0.251 e. The van der Waals surface area contributed by atoms with Gasteiger partial charge in [0, 0.05) is 30.7 Å². The average molecular weight is 408 g/mol. The number of carbonyl (C=O) groups is 1. The Bertz CT molecular complexity index is 950. The average Bonchev–Trinajstić information content (AvgIpc) is 3.28. The van der Waals surface area contributed by atoms with Crippen molar-refractivity contribution in [2.24, 2.45) is 0 Å². The van der Waals surface area contributed by atoms with Gasteiger partial charge in [0.05, 0.1) is 30.6 Å². The molecule has 4 rings (SSSR count). The van der Waals surface area contributed by atoms with Crippen LogP contribution in [0.2, 0.25) is 0 Å². The SMILES string of the molecule is O=C(N[C@@H]1CC[C@@H](CCn2cc(-c3ccccn3)nn2)O[C@H]1CO)c1ccncc1. The van der Waals surface area contributed by atoms with Gasteiger partial charge in [0.15, 0.2) is 0 Å². The van der Waals surface area contributed by atoms with Gasteiger partial charge in [-0.2, -0.15) is 0 Å². The van der Waals surface area contributed by atoms with Crippen molar-refractivity contribution < 1.29 is 14.6 Å². The Hall–Kier alpha value is -3.17. The van der Waals surface area contributed by atoms with Crippen LogP contribution in [0.4, 0.5) is 0 Å². The summed E-state index contributed by atoms with van der Waals surface area (Å²) >= 11 is 0. The molecule has 3 aromatic rings. The molecule has 9 nitrogen and oxygen atoms in total. The molecule has 3 atom stereocenters. The van der Waals surface area contributed by atoms with Crippen LogP contribution in [0.15, 0.2) is 55.1 Å². The van der Waals surface area contributed by atoms with Crippen LogP contribution in [0.1, 0.15) is 29.6 Å². The van der Waals surface area contributed by atoms with E-state index in [2.05, 4.69) is 25.6 Å². The lowest BCUT2D eigenvalue weighted by Gasteiger charge is -2.36. The molecule has 30 heavy (non-hydrogen) atoms. The van der Waals surface area contributed by atoms with Gasteiger partial charge in [-0.3, -0.25) is 19.4 Å². The second kappa shape index (κ2) is 9.55. The van der Waals surface area contributed by atoms with Gasteiger partial charge in [-0.05, 0) is 43.5 Å². The van der Waals surface area contributed by atoms with Crippen LogP contribution in [-0.4, -0.2) is 60.8 Å². The molecular weight excluding hydrogens is 384 g/mol. The van der Waals surface area contributed by atoms with Crippen LogP contribution in [0.5, 0.6) is 0 Å². The van der Waals surface area contributed by atoms with E-state index in [0.29, 0.717) is 12.1 Å². The van der Waals surface area contributed by atoms with Crippen LogP contribution in [0, 0.1) is 0 Å². The Balaban J connectivity index is 1.29. The normalized spacial score (nSPS) is 21.3. The van der Waals surface area contributed by atoms with Crippen LogP contribution < -0.4 is 5.32 Å². The summed E-state index contributed by atoms with van der Waals surface area (Å²) in [5.74, 6) is -0.187. The topological polar surface area (TPSA) is 115 Å². The van der Waals surface area contributed by atoms with E-state index in [1.165, 1.54) is 0 Å². The molecule has 1 amide bonds. The molecule has 1 saturated heterocycles. The van der Waals surface area contributed by atoms with Crippen molar-refractivity contribution in [2.45, 2.75) is 44.1 Å². The Morgan fingerprint density at radius 3 is 2.80 bits per heavy atom. The van der Waals surface area contributed by atoms with Gasteiger partial charge < -0.3 is 15.2 Å². The monoisotopic (exact) mass is 408 g/mol. The summed E-state index contributed by atoms with van der Waals surface area (Å²) in [5.41, 5.74) is 2.05. The maximum Gasteiger partial charge on any atom is 0.251 e. The largest absolute Gasteiger partial charge is 0.394 e. The van der Waals surface area contributed by atoms with Crippen LogP contribution in [-0.2, 0) is 11.3 Å². The number of nitrogens with one attached hydrogen (secondary N) is 1. The Morgan fingerprint density at radius 1 is 1.17 bits per heavy atom. The van der Waals surface area contributed by atoms with Crippen molar-refractivity contribution in [1.82, 2.24) is 30.3 Å². The number of aromatic nitrogens is 5. The third-order valence-electron chi connectivity index (χ3n) is 5.20. The van der Waals surface area contributed by atoms with Gasteiger partial charge in [0.25, 0.3) is 5.91 Å². The first-order valence-corrected chi connectivity index (χ1v) is 10.0. The zero-order chi connectivity index (χ0) is 20.8. The van der Waals surface area contributed by atoms with E-state index in [4.69, 9.17) is 4.74 Å². The van der Waals surface area contributed by atoms with Crippen molar-refractivity contribution in [3.8, 4) is 11.4 Å². The van der Waals surface area contributed by atoms with Gasteiger partial charge in [-0.1, -0.05) is 11.3 Å². The lowest BCUT2D eigenvalue weighted by molar-refractivity contribution is -0.0912. The molecule has 3 aromatic heterocycles. The Labute approximate surface area is 174 Å². The molecule has 0 radical (unpaired) electrons. The second-order valence-corrected chi connectivity index (χ2v) is 7.24. The van der Waals surface area contributed by atoms with E-state index in [9.17, 15) is 9.90 Å². The van der Waals surface area contributed by atoms with Gasteiger partial charge >= 0.3 is 0 Å². The molecule has 156 valence electrons. The molecule has 2 N–H and O–H groups in total. The van der Waals surface area contributed by atoms with Gasteiger partial charge in [-0.25, -0.2) is 0 Å². The quantitative estimate of drug-likeness (QED) is 0.608. The first kappa shape index (κ1) is 20.1.